The van der Waals surface area contributed by atoms with Crippen LogP contribution >= 0.6 is 0 Å². The fourth-order valence-electron chi connectivity index (χ4n) is 5.41. The minimum Gasteiger partial charge on any atom is -0.459 e. The molecule has 1 N–H and O–H groups in total. The Kier molecular flexibility index (Phi) is 4.63. The minimum absolute atomic E-state index is 0.0201. The van der Waals surface area contributed by atoms with E-state index >= 15 is 0 Å². The summed E-state index contributed by atoms with van der Waals surface area (Å²) in [5.74, 6) is -1.86. The van der Waals surface area contributed by atoms with E-state index in [2.05, 4.69) is 6.58 Å². The molecule has 1 saturated heterocycles. The molecule has 0 spiro atoms. The summed E-state index contributed by atoms with van der Waals surface area (Å²) < 4.78 is 16.4. The first-order chi connectivity index (χ1) is 12.1. The predicted molar refractivity (Wildman–Crippen MR) is 89.6 cm³/mol. The van der Waals surface area contributed by atoms with Crippen molar-refractivity contribution < 1.29 is 33.7 Å². The first-order valence-electron chi connectivity index (χ1n) is 8.98. The van der Waals surface area contributed by atoms with Gasteiger partial charge in [-0.05, 0) is 18.8 Å². The summed E-state index contributed by atoms with van der Waals surface area (Å²) in [5, 5.41) is 10.8. The standard InChI is InChI=1S/C19H26O7/c1-8-6-13-12(9(2)18(23)26-13)7-19(5)14(8)16(24-10(3)20)15(22)17(19)25-11(4)21/h8,12-17,22H,2,6-7H2,1,3-5H3/t8-,12-,13-,14-,15-,16-,17+,19+/m1/s1. The van der Waals surface area contributed by atoms with Crippen LogP contribution in [0, 0.1) is 23.2 Å². The Morgan fingerprint density at radius 1 is 1.27 bits per heavy atom. The fourth-order valence-corrected chi connectivity index (χ4v) is 5.41. The quantitative estimate of drug-likeness (QED) is 0.448. The molecule has 3 rings (SSSR count). The highest BCUT2D eigenvalue weighted by Gasteiger charge is 2.65. The fraction of sp³-hybridized carbons (Fsp3) is 0.737. The first kappa shape index (κ1) is 18.9. The Balaban J connectivity index is 2.04. The number of hydrogen-bond acceptors (Lipinski definition) is 7. The topological polar surface area (TPSA) is 99.1 Å². The molecule has 26 heavy (non-hydrogen) atoms. The summed E-state index contributed by atoms with van der Waals surface area (Å²) in [4.78, 5) is 35.2. The van der Waals surface area contributed by atoms with Crippen molar-refractivity contribution in [3.8, 4) is 0 Å². The molecule has 0 aromatic rings. The average Bonchev–Trinajstić information content (AvgIpc) is 2.82. The second kappa shape index (κ2) is 6.37. The molecule has 0 bridgehead atoms. The largest absolute Gasteiger partial charge is 0.459 e. The van der Waals surface area contributed by atoms with Crippen LogP contribution in [0.2, 0.25) is 0 Å². The molecule has 0 aromatic heterocycles. The lowest BCUT2D eigenvalue weighted by atomic mass is 9.69. The molecular weight excluding hydrogens is 340 g/mol. The van der Waals surface area contributed by atoms with Crippen LogP contribution in [0.1, 0.15) is 40.5 Å². The lowest BCUT2D eigenvalue weighted by molar-refractivity contribution is -0.163. The maximum atomic E-state index is 12.0. The van der Waals surface area contributed by atoms with E-state index in [0.29, 0.717) is 18.4 Å². The summed E-state index contributed by atoms with van der Waals surface area (Å²) in [5.41, 5.74) is -0.267. The van der Waals surface area contributed by atoms with E-state index in [1.165, 1.54) is 13.8 Å². The van der Waals surface area contributed by atoms with Crippen LogP contribution in [0.4, 0.5) is 0 Å². The highest BCUT2D eigenvalue weighted by Crippen LogP contribution is 2.58. The molecule has 3 aliphatic rings. The lowest BCUT2D eigenvalue weighted by Gasteiger charge is -2.38. The number of rotatable bonds is 2. The average molecular weight is 366 g/mol. The van der Waals surface area contributed by atoms with Gasteiger partial charge in [0.1, 0.15) is 24.4 Å². The SMILES string of the molecule is C=C1C(=O)O[C@@H]2C[C@@H](C)[C@@H]3[C@@H](OC(C)=O)[C@@H](O)[C@H](OC(C)=O)[C@@]3(C)C[C@H]12. The number of carbonyl (C=O) groups is 3. The Morgan fingerprint density at radius 2 is 1.88 bits per heavy atom. The van der Waals surface area contributed by atoms with E-state index in [1.54, 1.807) is 0 Å². The van der Waals surface area contributed by atoms with E-state index in [1.807, 2.05) is 13.8 Å². The maximum Gasteiger partial charge on any atom is 0.334 e. The van der Waals surface area contributed by atoms with Gasteiger partial charge in [-0.25, -0.2) is 4.79 Å². The van der Waals surface area contributed by atoms with E-state index in [9.17, 15) is 19.5 Å². The predicted octanol–water partition coefficient (Wildman–Crippen LogP) is 1.37. The van der Waals surface area contributed by atoms with Gasteiger partial charge < -0.3 is 19.3 Å². The molecule has 2 saturated carbocycles. The number of aliphatic hydroxyl groups excluding tert-OH is 1. The number of fused-ring (bicyclic) bond motifs is 2. The van der Waals surface area contributed by atoms with E-state index < -0.39 is 41.6 Å². The van der Waals surface area contributed by atoms with Gasteiger partial charge in [-0.2, -0.15) is 0 Å². The van der Waals surface area contributed by atoms with Gasteiger partial charge in [0.15, 0.2) is 0 Å². The molecule has 7 heteroatoms. The molecule has 0 amide bonds. The van der Waals surface area contributed by atoms with E-state index in [0.717, 1.165) is 0 Å². The third-order valence-electron chi connectivity index (χ3n) is 6.30. The van der Waals surface area contributed by atoms with Gasteiger partial charge in [0.05, 0.1) is 0 Å². The molecule has 2 aliphatic carbocycles. The smallest absolute Gasteiger partial charge is 0.334 e. The molecule has 3 fully saturated rings. The Labute approximate surface area is 152 Å². The third-order valence-corrected chi connectivity index (χ3v) is 6.30. The molecule has 0 radical (unpaired) electrons. The van der Waals surface area contributed by atoms with Crippen LogP contribution < -0.4 is 0 Å². The number of esters is 3. The van der Waals surface area contributed by atoms with Crippen molar-refractivity contribution in [3.05, 3.63) is 12.2 Å². The van der Waals surface area contributed by atoms with Crippen molar-refractivity contribution >= 4 is 17.9 Å². The normalized spacial score (nSPS) is 44.6. The van der Waals surface area contributed by atoms with Crippen LogP contribution in [0.3, 0.4) is 0 Å². The highest BCUT2D eigenvalue weighted by molar-refractivity contribution is 5.90. The summed E-state index contributed by atoms with van der Waals surface area (Å²) >= 11 is 0. The van der Waals surface area contributed by atoms with Gasteiger partial charge in [0.25, 0.3) is 0 Å². The zero-order valence-electron chi connectivity index (χ0n) is 15.6. The van der Waals surface area contributed by atoms with Crippen molar-refractivity contribution in [2.24, 2.45) is 23.2 Å². The van der Waals surface area contributed by atoms with Gasteiger partial charge in [-0.1, -0.05) is 20.4 Å². The van der Waals surface area contributed by atoms with Gasteiger partial charge in [0, 0.05) is 36.7 Å². The van der Waals surface area contributed by atoms with Crippen molar-refractivity contribution in [3.63, 3.8) is 0 Å². The molecule has 7 nitrogen and oxygen atoms in total. The maximum absolute atomic E-state index is 12.0. The zero-order valence-corrected chi connectivity index (χ0v) is 15.6. The van der Waals surface area contributed by atoms with E-state index in [-0.39, 0.29) is 23.9 Å². The second-order valence-corrected chi connectivity index (χ2v) is 8.12. The Hall–Kier alpha value is -1.89. The molecule has 8 atom stereocenters. The van der Waals surface area contributed by atoms with Crippen molar-refractivity contribution in [1.29, 1.82) is 0 Å². The molecule has 0 aromatic carbocycles. The second-order valence-electron chi connectivity index (χ2n) is 8.12. The highest BCUT2D eigenvalue weighted by atomic mass is 16.6. The van der Waals surface area contributed by atoms with Gasteiger partial charge in [0.2, 0.25) is 0 Å². The van der Waals surface area contributed by atoms with Crippen LogP contribution in [-0.4, -0.2) is 47.4 Å². The molecule has 144 valence electrons. The lowest BCUT2D eigenvalue weighted by Crippen LogP contribution is -2.41. The van der Waals surface area contributed by atoms with E-state index in [4.69, 9.17) is 14.2 Å². The summed E-state index contributed by atoms with van der Waals surface area (Å²) in [7, 11) is 0. The van der Waals surface area contributed by atoms with Gasteiger partial charge in [-0.3, -0.25) is 9.59 Å². The Bertz CT molecular complexity index is 656. The van der Waals surface area contributed by atoms with Crippen LogP contribution in [-0.2, 0) is 28.6 Å². The van der Waals surface area contributed by atoms with Crippen LogP contribution in [0.15, 0.2) is 12.2 Å². The summed E-state index contributed by atoms with van der Waals surface area (Å²) in [6.07, 6.45) is -1.99. The Morgan fingerprint density at radius 3 is 2.46 bits per heavy atom. The number of ether oxygens (including phenoxy) is 3. The molecular formula is C19H26O7. The van der Waals surface area contributed by atoms with Crippen LogP contribution in [0.5, 0.6) is 0 Å². The third kappa shape index (κ3) is 2.82. The first-order valence-corrected chi connectivity index (χ1v) is 8.98. The van der Waals surface area contributed by atoms with Crippen molar-refractivity contribution in [2.75, 3.05) is 0 Å². The molecule has 0 unspecified atom stereocenters. The summed E-state index contributed by atoms with van der Waals surface area (Å²) in [6.45, 7) is 10.4. The molecule has 1 aliphatic heterocycles. The van der Waals surface area contributed by atoms with Gasteiger partial charge in [-0.15, -0.1) is 0 Å². The van der Waals surface area contributed by atoms with Gasteiger partial charge >= 0.3 is 17.9 Å². The zero-order chi connectivity index (χ0) is 19.4. The number of hydrogen-bond donors (Lipinski definition) is 1. The minimum atomic E-state index is -1.12. The summed E-state index contributed by atoms with van der Waals surface area (Å²) in [6, 6.07) is 0. The monoisotopic (exact) mass is 366 g/mol. The van der Waals surface area contributed by atoms with Crippen LogP contribution in [0.25, 0.3) is 0 Å². The van der Waals surface area contributed by atoms with Crippen molar-refractivity contribution in [2.45, 2.75) is 65.0 Å². The van der Waals surface area contributed by atoms with Crippen molar-refractivity contribution in [1.82, 2.24) is 0 Å². The molecule has 1 heterocycles. The number of carbonyl (C=O) groups excluding carboxylic acids is 3. The number of aliphatic hydroxyl groups is 1.